The summed E-state index contributed by atoms with van der Waals surface area (Å²) in [6.07, 6.45) is -1.01. The number of amides is 2. The second-order valence-electron chi connectivity index (χ2n) is 5.21. The van der Waals surface area contributed by atoms with Crippen LogP contribution in [0, 0.1) is 0 Å². The van der Waals surface area contributed by atoms with E-state index in [0.29, 0.717) is 9.88 Å². The lowest BCUT2D eigenvalue weighted by molar-refractivity contribution is -0.123. The number of hydrogen-bond donors (Lipinski definition) is 2. The Bertz CT molecular complexity index is 927. The van der Waals surface area contributed by atoms with Crippen molar-refractivity contribution in [2.24, 2.45) is 5.73 Å². The predicted molar refractivity (Wildman–Crippen MR) is 98.2 cm³/mol. The van der Waals surface area contributed by atoms with Gasteiger partial charge < -0.3 is 15.8 Å². The minimum atomic E-state index is -1.01. The Balaban J connectivity index is 1.67. The van der Waals surface area contributed by atoms with Gasteiger partial charge in [-0.2, -0.15) is 0 Å². The van der Waals surface area contributed by atoms with Gasteiger partial charge in [-0.15, -0.1) is 22.7 Å². The van der Waals surface area contributed by atoms with Crippen LogP contribution in [-0.2, 0) is 9.53 Å². The molecule has 0 spiro atoms. The molecule has 0 aliphatic rings. The zero-order valence-electron chi connectivity index (χ0n) is 13.1. The molecular formula is C17H14N2O4S2. The van der Waals surface area contributed by atoms with Crippen molar-refractivity contribution in [3.05, 3.63) is 52.2 Å². The Labute approximate surface area is 151 Å². The lowest BCUT2D eigenvalue weighted by Crippen LogP contribution is -2.30. The van der Waals surface area contributed by atoms with E-state index in [0.717, 1.165) is 10.1 Å². The first-order valence-corrected chi connectivity index (χ1v) is 9.03. The van der Waals surface area contributed by atoms with E-state index in [9.17, 15) is 14.4 Å². The molecule has 2 amide bonds. The molecule has 6 nitrogen and oxygen atoms in total. The molecule has 1 atom stereocenters. The molecule has 1 aromatic carbocycles. The van der Waals surface area contributed by atoms with Crippen LogP contribution in [0.25, 0.3) is 10.1 Å². The molecule has 25 heavy (non-hydrogen) atoms. The van der Waals surface area contributed by atoms with Gasteiger partial charge in [-0.25, -0.2) is 4.79 Å². The van der Waals surface area contributed by atoms with E-state index >= 15 is 0 Å². The van der Waals surface area contributed by atoms with Crippen LogP contribution in [0.5, 0.6) is 0 Å². The van der Waals surface area contributed by atoms with E-state index in [2.05, 4.69) is 5.32 Å². The number of benzene rings is 1. The van der Waals surface area contributed by atoms with Crippen molar-refractivity contribution in [1.82, 2.24) is 0 Å². The van der Waals surface area contributed by atoms with Crippen LogP contribution in [0.3, 0.4) is 0 Å². The summed E-state index contributed by atoms with van der Waals surface area (Å²) in [4.78, 5) is 36.1. The highest BCUT2D eigenvalue weighted by molar-refractivity contribution is 7.20. The molecule has 1 unspecified atom stereocenters. The summed E-state index contributed by atoms with van der Waals surface area (Å²) < 4.78 is 6.19. The van der Waals surface area contributed by atoms with E-state index in [-0.39, 0.29) is 5.56 Å². The lowest BCUT2D eigenvalue weighted by Gasteiger charge is -2.12. The molecule has 0 aliphatic heterocycles. The molecule has 2 heterocycles. The first-order chi connectivity index (χ1) is 12.0. The number of fused-ring (bicyclic) bond motifs is 1. The molecule has 0 saturated carbocycles. The van der Waals surface area contributed by atoms with Gasteiger partial charge in [0.2, 0.25) is 0 Å². The number of primary amides is 1. The smallest absolute Gasteiger partial charge is 0.349 e. The van der Waals surface area contributed by atoms with Gasteiger partial charge in [-0.1, -0.05) is 18.2 Å². The molecule has 8 heteroatoms. The zero-order chi connectivity index (χ0) is 18.0. The van der Waals surface area contributed by atoms with E-state index in [1.807, 2.05) is 24.3 Å². The molecule has 3 N–H and O–H groups in total. The Morgan fingerprint density at radius 1 is 1.20 bits per heavy atom. The third-order valence-electron chi connectivity index (χ3n) is 3.45. The maximum Gasteiger partial charge on any atom is 0.349 e. The van der Waals surface area contributed by atoms with Crippen molar-refractivity contribution in [1.29, 1.82) is 0 Å². The van der Waals surface area contributed by atoms with E-state index in [1.54, 1.807) is 11.4 Å². The second kappa shape index (κ2) is 7.04. The van der Waals surface area contributed by atoms with Crippen LogP contribution in [0.4, 0.5) is 5.00 Å². The summed E-state index contributed by atoms with van der Waals surface area (Å²) in [6, 6.07) is 10.9. The third kappa shape index (κ3) is 3.70. The summed E-state index contributed by atoms with van der Waals surface area (Å²) in [5.41, 5.74) is 5.46. The molecule has 128 valence electrons. The maximum absolute atomic E-state index is 12.2. The van der Waals surface area contributed by atoms with Crippen LogP contribution in [0.2, 0.25) is 0 Å². The van der Waals surface area contributed by atoms with Crippen LogP contribution in [-0.4, -0.2) is 23.9 Å². The molecular weight excluding hydrogens is 360 g/mol. The van der Waals surface area contributed by atoms with Gasteiger partial charge in [-0.05, 0) is 35.9 Å². The minimum absolute atomic E-state index is 0.224. The first kappa shape index (κ1) is 17.1. The van der Waals surface area contributed by atoms with Gasteiger partial charge in [0.1, 0.15) is 9.88 Å². The molecule has 0 saturated heterocycles. The van der Waals surface area contributed by atoms with E-state index in [1.165, 1.54) is 35.7 Å². The number of nitrogens with one attached hydrogen (secondary N) is 1. The van der Waals surface area contributed by atoms with Gasteiger partial charge in [0.15, 0.2) is 6.10 Å². The highest BCUT2D eigenvalue weighted by Crippen LogP contribution is 2.26. The first-order valence-electron chi connectivity index (χ1n) is 7.33. The summed E-state index contributed by atoms with van der Waals surface area (Å²) >= 11 is 2.48. The zero-order valence-corrected chi connectivity index (χ0v) is 14.8. The number of esters is 1. The predicted octanol–water partition coefficient (Wildman–Crippen LogP) is 3.25. The Morgan fingerprint density at radius 3 is 2.68 bits per heavy atom. The van der Waals surface area contributed by atoms with E-state index < -0.39 is 23.9 Å². The van der Waals surface area contributed by atoms with Crippen molar-refractivity contribution in [2.45, 2.75) is 13.0 Å². The fourth-order valence-corrected chi connectivity index (χ4v) is 3.91. The van der Waals surface area contributed by atoms with Crippen molar-refractivity contribution < 1.29 is 19.1 Å². The quantitative estimate of drug-likeness (QED) is 0.670. The Hall–Kier alpha value is -2.71. The highest BCUT2D eigenvalue weighted by atomic mass is 32.1. The van der Waals surface area contributed by atoms with Crippen LogP contribution < -0.4 is 11.1 Å². The van der Waals surface area contributed by atoms with Crippen molar-refractivity contribution in [3.63, 3.8) is 0 Å². The number of anilines is 1. The number of hydrogen-bond acceptors (Lipinski definition) is 6. The standard InChI is InChI=1S/C17H14N2O4S2/c1-9(15(21)19-16-11(14(18)20)6-7-24-16)23-17(22)13-8-10-4-2-3-5-12(10)25-13/h2-9H,1H3,(H2,18,20)(H,19,21). The van der Waals surface area contributed by atoms with Crippen molar-refractivity contribution in [3.8, 4) is 0 Å². The molecule has 0 bridgehead atoms. The van der Waals surface area contributed by atoms with Gasteiger partial charge >= 0.3 is 5.97 Å². The number of nitrogens with two attached hydrogens (primary N) is 1. The van der Waals surface area contributed by atoms with Crippen LogP contribution in [0.15, 0.2) is 41.8 Å². The molecule has 0 fully saturated rings. The Kier molecular flexibility index (Phi) is 4.82. The Morgan fingerprint density at radius 2 is 1.96 bits per heavy atom. The number of ether oxygens (including phenoxy) is 1. The average Bonchev–Trinajstić information content (AvgIpc) is 3.20. The van der Waals surface area contributed by atoms with Gasteiger partial charge in [0, 0.05) is 4.70 Å². The fraction of sp³-hybridized carbons (Fsp3) is 0.118. The van der Waals surface area contributed by atoms with Crippen molar-refractivity contribution in [2.75, 3.05) is 5.32 Å². The molecule has 0 radical (unpaired) electrons. The largest absolute Gasteiger partial charge is 0.448 e. The number of carbonyl (C=O) groups excluding carboxylic acids is 3. The molecule has 0 aliphatic carbocycles. The lowest BCUT2D eigenvalue weighted by atomic mass is 10.2. The summed E-state index contributed by atoms with van der Waals surface area (Å²) in [6.45, 7) is 1.47. The van der Waals surface area contributed by atoms with Gasteiger partial charge in [0.25, 0.3) is 11.8 Å². The SMILES string of the molecule is CC(OC(=O)c1cc2ccccc2s1)C(=O)Nc1sccc1C(N)=O. The van der Waals surface area contributed by atoms with Gasteiger partial charge in [-0.3, -0.25) is 9.59 Å². The van der Waals surface area contributed by atoms with Crippen LogP contribution >= 0.6 is 22.7 Å². The topological polar surface area (TPSA) is 98.5 Å². The number of carbonyl (C=O) groups is 3. The maximum atomic E-state index is 12.2. The highest BCUT2D eigenvalue weighted by Gasteiger charge is 2.22. The summed E-state index contributed by atoms with van der Waals surface area (Å²) in [5, 5.41) is 5.48. The summed E-state index contributed by atoms with van der Waals surface area (Å²) in [7, 11) is 0. The summed E-state index contributed by atoms with van der Waals surface area (Å²) in [5.74, 6) is -1.73. The van der Waals surface area contributed by atoms with Crippen molar-refractivity contribution >= 4 is 55.5 Å². The molecule has 2 aromatic heterocycles. The number of thiophene rings is 2. The fourth-order valence-electron chi connectivity index (χ4n) is 2.17. The monoisotopic (exact) mass is 374 g/mol. The normalized spacial score (nSPS) is 11.9. The van der Waals surface area contributed by atoms with Gasteiger partial charge in [0.05, 0.1) is 5.56 Å². The molecule has 3 aromatic rings. The minimum Gasteiger partial charge on any atom is -0.448 e. The molecule has 3 rings (SSSR count). The average molecular weight is 374 g/mol. The van der Waals surface area contributed by atoms with E-state index in [4.69, 9.17) is 10.5 Å². The number of rotatable bonds is 5. The third-order valence-corrected chi connectivity index (χ3v) is 5.37. The van der Waals surface area contributed by atoms with Crippen LogP contribution in [0.1, 0.15) is 27.0 Å². The second-order valence-corrected chi connectivity index (χ2v) is 7.21.